The van der Waals surface area contributed by atoms with Crippen LogP contribution in [0.1, 0.15) is 40.0 Å². The van der Waals surface area contributed by atoms with Gasteiger partial charge < -0.3 is 11.1 Å². The number of rotatable bonds is 5. The number of carbonyl (C=O) groups excluding carboxylic acids is 1. The van der Waals surface area contributed by atoms with Crippen LogP contribution in [0.5, 0.6) is 0 Å². The highest BCUT2D eigenvalue weighted by atomic mass is 16.1. The Bertz CT molecular complexity index is 209. The van der Waals surface area contributed by atoms with Gasteiger partial charge in [-0.2, -0.15) is 0 Å². The summed E-state index contributed by atoms with van der Waals surface area (Å²) in [7, 11) is 0. The summed E-state index contributed by atoms with van der Waals surface area (Å²) in [6.07, 6.45) is 2.93. The van der Waals surface area contributed by atoms with Crippen LogP contribution in [0.25, 0.3) is 0 Å². The van der Waals surface area contributed by atoms with Crippen LogP contribution >= 0.6 is 0 Å². The largest absolute Gasteiger partial charge is 0.356 e. The van der Waals surface area contributed by atoms with Crippen molar-refractivity contribution in [3.05, 3.63) is 0 Å². The maximum absolute atomic E-state index is 11.4. The van der Waals surface area contributed by atoms with Crippen LogP contribution in [0.2, 0.25) is 0 Å². The van der Waals surface area contributed by atoms with Crippen molar-refractivity contribution in [2.75, 3.05) is 6.54 Å². The van der Waals surface area contributed by atoms with E-state index in [4.69, 9.17) is 5.73 Å². The number of nitrogens with two attached hydrogens (primary N) is 1. The monoisotopic (exact) mass is 198 g/mol. The third-order valence-electron chi connectivity index (χ3n) is 3.09. The molecule has 1 saturated carbocycles. The second-order valence-electron chi connectivity index (χ2n) is 5.20. The van der Waals surface area contributed by atoms with Gasteiger partial charge in [0.2, 0.25) is 5.91 Å². The average Bonchev–Trinajstić information content (AvgIpc) is 2.81. The van der Waals surface area contributed by atoms with Crippen molar-refractivity contribution in [3.8, 4) is 0 Å². The molecule has 1 aliphatic carbocycles. The third-order valence-corrected chi connectivity index (χ3v) is 3.09. The molecule has 3 N–H and O–H groups in total. The molecule has 0 aromatic heterocycles. The summed E-state index contributed by atoms with van der Waals surface area (Å²) in [4.78, 5) is 11.4. The summed E-state index contributed by atoms with van der Waals surface area (Å²) in [5.74, 6) is 0.469. The van der Waals surface area contributed by atoms with Gasteiger partial charge in [0, 0.05) is 19.0 Å². The van der Waals surface area contributed by atoms with Crippen molar-refractivity contribution in [3.63, 3.8) is 0 Å². The normalized spacial score (nSPS) is 20.6. The summed E-state index contributed by atoms with van der Waals surface area (Å²) in [5.41, 5.74) is 6.20. The Morgan fingerprint density at radius 3 is 2.50 bits per heavy atom. The summed E-state index contributed by atoms with van der Waals surface area (Å²) in [5, 5.41) is 2.95. The number of hydrogen-bond acceptors (Lipinski definition) is 2. The minimum atomic E-state index is -0.0120. The molecule has 1 amide bonds. The molecule has 0 heterocycles. The quantitative estimate of drug-likeness (QED) is 0.699. The molecule has 14 heavy (non-hydrogen) atoms. The number of amides is 1. The highest BCUT2D eigenvalue weighted by Gasteiger charge is 2.37. The van der Waals surface area contributed by atoms with Gasteiger partial charge in [-0.25, -0.2) is 0 Å². The number of carbonyl (C=O) groups is 1. The van der Waals surface area contributed by atoms with Crippen molar-refractivity contribution in [2.24, 2.45) is 17.1 Å². The summed E-state index contributed by atoms with van der Waals surface area (Å²) < 4.78 is 0. The topological polar surface area (TPSA) is 55.1 Å². The molecule has 0 radical (unpaired) electrons. The Morgan fingerprint density at radius 1 is 1.50 bits per heavy atom. The molecule has 0 aromatic carbocycles. The lowest BCUT2D eigenvalue weighted by atomic mass is 10.0. The third kappa shape index (κ3) is 3.66. The smallest absolute Gasteiger partial charge is 0.221 e. The van der Waals surface area contributed by atoms with E-state index in [-0.39, 0.29) is 11.9 Å². The fraction of sp³-hybridized carbons (Fsp3) is 0.909. The number of hydrogen-bond donors (Lipinski definition) is 2. The van der Waals surface area contributed by atoms with Crippen LogP contribution in [-0.2, 0) is 4.79 Å². The first-order chi connectivity index (χ1) is 6.43. The molecule has 0 spiro atoms. The van der Waals surface area contributed by atoms with Crippen molar-refractivity contribution in [2.45, 2.75) is 46.1 Å². The molecule has 1 fully saturated rings. The Kier molecular flexibility index (Phi) is 3.53. The average molecular weight is 198 g/mol. The van der Waals surface area contributed by atoms with E-state index in [1.807, 2.05) is 13.8 Å². The van der Waals surface area contributed by atoms with Crippen LogP contribution in [0, 0.1) is 11.3 Å². The predicted octanol–water partition coefficient (Wildman–Crippen LogP) is 1.28. The molecule has 1 atom stereocenters. The van der Waals surface area contributed by atoms with Crippen LogP contribution in [0.3, 0.4) is 0 Å². The maximum Gasteiger partial charge on any atom is 0.221 e. The lowest BCUT2D eigenvalue weighted by Gasteiger charge is -2.16. The molecule has 3 nitrogen and oxygen atoms in total. The second-order valence-corrected chi connectivity index (χ2v) is 5.20. The molecule has 0 aromatic rings. The molecule has 1 rings (SSSR count). The van der Waals surface area contributed by atoms with E-state index >= 15 is 0 Å². The lowest BCUT2D eigenvalue weighted by Crippen LogP contribution is -2.36. The molecule has 0 saturated heterocycles. The van der Waals surface area contributed by atoms with E-state index in [0.29, 0.717) is 17.8 Å². The van der Waals surface area contributed by atoms with Gasteiger partial charge in [-0.05, 0) is 24.2 Å². The molecular formula is C11H22N2O. The van der Waals surface area contributed by atoms with Gasteiger partial charge in [0.15, 0.2) is 0 Å². The Hall–Kier alpha value is -0.570. The Balaban J connectivity index is 2.15. The highest BCUT2D eigenvalue weighted by Crippen LogP contribution is 2.43. The summed E-state index contributed by atoms with van der Waals surface area (Å²) in [6.45, 7) is 7.10. The van der Waals surface area contributed by atoms with Crippen LogP contribution < -0.4 is 11.1 Å². The van der Waals surface area contributed by atoms with E-state index in [2.05, 4.69) is 12.2 Å². The van der Waals surface area contributed by atoms with E-state index in [0.717, 1.165) is 6.54 Å². The predicted molar refractivity (Wildman–Crippen MR) is 57.8 cm³/mol. The van der Waals surface area contributed by atoms with E-state index in [9.17, 15) is 4.79 Å². The number of nitrogens with one attached hydrogen (secondary N) is 1. The Labute approximate surface area is 86.4 Å². The van der Waals surface area contributed by atoms with Gasteiger partial charge in [-0.3, -0.25) is 4.79 Å². The van der Waals surface area contributed by atoms with Gasteiger partial charge in [-0.15, -0.1) is 0 Å². The fourth-order valence-electron chi connectivity index (χ4n) is 1.22. The first-order valence-electron chi connectivity index (χ1n) is 5.45. The first kappa shape index (κ1) is 11.5. The first-order valence-corrected chi connectivity index (χ1v) is 5.45. The van der Waals surface area contributed by atoms with E-state index in [1.54, 1.807) is 0 Å². The fourth-order valence-corrected chi connectivity index (χ4v) is 1.22. The molecular weight excluding hydrogens is 176 g/mol. The van der Waals surface area contributed by atoms with Crippen LogP contribution in [0.15, 0.2) is 0 Å². The van der Waals surface area contributed by atoms with Gasteiger partial charge in [-0.1, -0.05) is 20.8 Å². The van der Waals surface area contributed by atoms with Gasteiger partial charge in [0.05, 0.1) is 0 Å². The van der Waals surface area contributed by atoms with Gasteiger partial charge in [0.25, 0.3) is 0 Å². The molecule has 1 unspecified atom stereocenters. The maximum atomic E-state index is 11.4. The zero-order chi connectivity index (χ0) is 10.8. The minimum Gasteiger partial charge on any atom is -0.356 e. The SMILES string of the molecule is CC(C)C(N)CC(=O)NCC1(C)CC1. The van der Waals surface area contributed by atoms with Gasteiger partial charge >= 0.3 is 0 Å². The Morgan fingerprint density at radius 2 is 2.07 bits per heavy atom. The summed E-state index contributed by atoms with van der Waals surface area (Å²) >= 11 is 0. The molecule has 1 aliphatic rings. The zero-order valence-corrected chi connectivity index (χ0v) is 9.47. The van der Waals surface area contributed by atoms with E-state index in [1.165, 1.54) is 12.8 Å². The lowest BCUT2D eigenvalue weighted by molar-refractivity contribution is -0.121. The summed E-state index contributed by atoms with van der Waals surface area (Å²) in [6, 6.07) is -0.0120. The van der Waals surface area contributed by atoms with E-state index < -0.39 is 0 Å². The van der Waals surface area contributed by atoms with Crippen LogP contribution in [0.4, 0.5) is 0 Å². The van der Waals surface area contributed by atoms with Crippen molar-refractivity contribution in [1.29, 1.82) is 0 Å². The highest BCUT2D eigenvalue weighted by molar-refractivity contribution is 5.76. The molecule has 0 aliphatic heterocycles. The van der Waals surface area contributed by atoms with Crippen LogP contribution in [-0.4, -0.2) is 18.5 Å². The standard InChI is InChI=1S/C11H22N2O/c1-8(2)9(12)6-10(14)13-7-11(3)4-5-11/h8-9H,4-7,12H2,1-3H3,(H,13,14). The second kappa shape index (κ2) is 4.30. The van der Waals surface area contributed by atoms with Gasteiger partial charge in [0.1, 0.15) is 0 Å². The van der Waals surface area contributed by atoms with Crippen molar-refractivity contribution in [1.82, 2.24) is 5.32 Å². The molecule has 82 valence electrons. The molecule has 3 heteroatoms. The molecule has 0 bridgehead atoms. The van der Waals surface area contributed by atoms with Crippen molar-refractivity contribution < 1.29 is 4.79 Å². The van der Waals surface area contributed by atoms with Crippen molar-refractivity contribution >= 4 is 5.91 Å². The minimum absolute atomic E-state index is 0.0120. The zero-order valence-electron chi connectivity index (χ0n) is 9.47.